The van der Waals surface area contributed by atoms with E-state index in [1.54, 1.807) is 12.4 Å². The predicted molar refractivity (Wildman–Crippen MR) is 101 cm³/mol. The van der Waals surface area contributed by atoms with Gasteiger partial charge < -0.3 is 19.6 Å². The Bertz CT molecular complexity index is 1030. The lowest BCUT2D eigenvalue weighted by molar-refractivity contribution is -0.140. The van der Waals surface area contributed by atoms with Crippen LogP contribution in [-0.2, 0) is 19.3 Å². The first-order valence-electron chi connectivity index (χ1n) is 9.64. The van der Waals surface area contributed by atoms with E-state index < -0.39 is 17.6 Å². The lowest BCUT2D eigenvalue weighted by Gasteiger charge is -2.35. The molecule has 0 aliphatic heterocycles. The van der Waals surface area contributed by atoms with Crippen LogP contribution in [0.5, 0.6) is 5.75 Å². The molecule has 0 saturated heterocycles. The molecule has 0 unspecified atom stereocenters. The number of aromatic nitrogens is 2. The van der Waals surface area contributed by atoms with E-state index in [0.29, 0.717) is 31.4 Å². The second-order valence-electron chi connectivity index (χ2n) is 7.48. The molecule has 1 aromatic carbocycles. The van der Waals surface area contributed by atoms with Gasteiger partial charge in [-0.2, -0.15) is 13.2 Å². The largest absolute Gasteiger partial charge is 0.490 e. The van der Waals surface area contributed by atoms with Crippen LogP contribution < -0.4 is 10.1 Å². The van der Waals surface area contributed by atoms with Crippen molar-refractivity contribution in [1.29, 1.82) is 0 Å². The number of halogens is 4. The average molecular weight is 423 g/mol. The standard InChI is InChI=1S/C21H21F4N3O2/c22-19-4-3-16(9-18(19)21(23,24)25)30-17-7-13(8-17)10-26-11-14-1-2-15(12-29)28-6-5-27-20(14)28/h1-6,9,13,17,26,29H,7-8,10-12H2. The molecule has 1 aliphatic carbocycles. The van der Waals surface area contributed by atoms with Gasteiger partial charge in [-0.3, -0.25) is 0 Å². The maximum atomic E-state index is 13.4. The minimum Gasteiger partial charge on any atom is -0.490 e. The van der Waals surface area contributed by atoms with Gasteiger partial charge in [-0.05, 0) is 49.6 Å². The molecule has 2 aromatic heterocycles. The fraction of sp³-hybridized carbons (Fsp3) is 0.381. The molecule has 1 aliphatic rings. The number of alkyl halides is 3. The zero-order chi connectivity index (χ0) is 21.3. The second-order valence-corrected chi connectivity index (χ2v) is 7.48. The van der Waals surface area contributed by atoms with Crippen molar-refractivity contribution in [3.8, 4) is 5.75 Å². The summed E-state index contributed by atoms with van der Waals surface area (Å²) in [4.78, 5) is 4.33. The van der Waals surface area contributed by atoms with Gasteiger partial charge >= 0.3 is 6.18 Å². The van der Waals surface area contributed by atoms with Gasteiger partial charge in [0, 0.05) is 30.2 Å². The summed E-state index contributed by atoms with van der Waals surface area (Å²) in [6.45, 7) is 1.29. The number of benzene rings is 1. The number of rotatable bonds is 7. The quantitative estimate of drug-likeness (QED) is 0.566. The molecular weight excluding hydrogens is 402 g/mol. The fourth-order valence-electron chi connectivity index (χ4n) is 3.73. The first kappa shape index (κ1) is 20.6. The Kier molecular flexibility index (Phi) is 5.66. The van der Waals surface area contributed by atoms with Crippen LogP contribution in [0.2, 0.25) is 0 Å². The van der Waals surface area contributed by atoms with Crippen LogP contribution >= 0.6 is 0 Å². The summed E-state index contributed by atoms with van der Waals surface area (Å²) in [5.74, 6) is -0.917. The van der Waals surface area contributed by atoms with Crippen LogP contribution in [0.1, 0.15) is 29.7 Å². The first-order valence-corrected chi connectivity index (χ1v) is 9.64. The fourth-order valence-corrected chi connectivity index (χ4v) is 3.73. The number of nitrogens with one attached hydrogen (secondary N) is 1. The van der Waals surface area contributed by atoms with Crippen molar-refractivity contribution in [2.24, 2.45) is 5.92 Å². The molecule has 0 amide bonds. The molecule has 0 spiro atoms. The Morgan fingerprint density at radius 1 is 1.20 bits per heavy atom. The van der Waals surface area contributed by atoms with Gasteiger partial charge in [-0.25, -0.2) is 9.37 Å². The van der Waals surface area contributed by atoms with Crippen LogP contribution in [0, 0.1) is 11.7 Å². The van der Waals surface area contributed by atoms with Crippen LogP contribution in [0.3, 0.4) is 0 Å². The van der Waals surface area contributed by atoms with Crippen LogP contribution in [0.4, 0.5) is 17.6 Å². The summed E-state index contributed by atoms with van der Waals surface area (Å²) in [5.41, 5.74) is 1.26. The number of fused-ring (bicyclic) bond motifs is 1. The Balaban J connectivity index is 1.26. The first-order chi connectivity index (χ1) is 14.3. The number of aliphatic hydroxyl groups is 1. The van der Waals surface area contributed by atoms with Gasteiger partial charge in [-0.15, -0.1) is 0 Å². The Morgan fingerprint density at radius 2 is 2.00 bits per heavy atom. The van der Waals surface area contributed by atoms with Crippen molar-refractivity contribution in [3.63, 3.8) is 0 Å². The lowest BCUT2D eigenvalue weighted by atomic mass is 9.82. The second kappa shape index (κ2) is 8.23. The molecule has 0 atom stereocenters. The minimum atomic E-state index is -4.74. The van der Waals surface area contributed by atoms with Gasteiger partial charge in [0.2, 0.25) is 0 Å². The molecule has 1 fully saturated rings. The topological polar surface area (TPSA) is 58.8 Å². The molecule has 3 aromatic rings. The monoisotopic (exact) mass is 423 g/mol. The van der Waals surface area contributed by atoms with Gasteiger partial charge in [0.1, 0.15) is 17.2 Å². The number of hydrogen-bond donors (Lipinski definition) is 2. The smallest absolute Gasteiger partial charge is 0.419 e. The molecule has 5 nitrogen and oxygen atoms in total. The summed E-state index contributed by atoms with van der Waals surface area (Å²) >= 11 is 0. The van der Waals surface area contributed by atoms with E-state index >= 15 is 0 Å². The highest BCUT2D eigenvalue weighted by molar-refractivity contribution is 5.49. The third-order valence-corrected chi connectivity index (χ3v) is 5.36. The van der Waals surface area contributed by atoms with Crippen molar-refractivity contribution in [2.45, 2.75) is 38.3 Å². The van der Waals surface area contributed by atoms with Crippen molar-refractivity contribution in [1.82, 2.24) is 14.7 Å². The number of nitrogens with zero attached hydrogens (tertiary/aromatic N) is 2. The summed E-state index contributed by atoms with van der Waals surface area (Å²) in [7, 11) is 0. The normalized spacial score (nSPS) is 19.1. The Labute approximate surface area is 170 Å². The molecule has 4 rings (SSSR count). The lowest BCUT2D eigenvalue weighted by Crippen LogP contribution is -2.39. The maximum absolute atomic E-state index is 13.4. The van der Waals surface area contributed by atoms with Gasteiger partial charge in [0.25, 0.3) is 0 Å². The van der Waals surface area contributed by atoms with Crippen LogP contribution in [0.25, 0.3) is 5.65 Å². The average Bonchev–Trinajstić information content (AvgIpc) is 3.16. The molecule has 160 valence electrons. The summed E-state index contributed by atoms with van der Waals surface area (Å²) < 4.78 is 59.2. The van der Waals surface area contributed by atoms with E-state index in [2.05, 4.69) is 10.3 Å². The van der Waals surface area contributed by atoms with E-state index in [4.69, 9.17) is 4.74 Å². The molecule has 30 heavy (non-hydrogen) atoms. The van der Waals surface area contributed by atoms with Crippen molar-refractivity contribution in [3.05, 3.63) is 65.4 Å². The molecule has 0 bridgehead atoms. The predicted octanol–water partition coefficient (Wildman–Crippen LogP) is 3.93. The highest BCUT2D eigenvalue weighted by atomic mass is 19.4. The molecule has 1 saturated carbocycles. The number of ether oxygens (including phenoxy) is 1. The van der Waals surface area contributed by atoms with Gasteiger partial charge in [-0.1, -0.05) is 6.07 Å². The Morgan fingerprint density at radius 3 is 2.73 bits per heavy atom. The van der Waals surface area contributed by atoms with Crippen LogP contribution in [0.15, 0.2) is 42.7 Å². The summed E-state index contributed by atoms with van der Waals surface area (Å²) in [5, 5.41) is 12.8. The molecule has 9 heteroatoms. The van der Waals surface area contributed by atoms with E-state index in [1.807, 2.05) is 16.5 Å². The van der Waals surface area contributed by atoms with E-state index in [9.17, 15) is 22.7 Å². The van der Waals surface area contributed by atoms with Crippen molar-refractivity contribution < 1.29 is 27.4 Å². The van der Waals surface area contributed by atoms with E-state index in [-0.39, 0.29) is 18.5 Å². The third-order valence-electron chi connectivity index (χ3n) is 5.36. The number of pyridine rings is 1. The molecule has 0 radical (unpaired) electrons. The van der Waals surface area contributed by atoms with Crippen molar-refractivity contribution >= 4 is 5.65 Å². The SMILES string of the molecule is OCc1ccc(CNCC2CC(Oc3ccc(F)c(C(F)(F)F)c3)C2)c2nccn12. The zero-order valence-electron chi connectivity index (χ0n) is 16.0. The maximum Gasteiger partial charge on any atom is 0.419 e. The number of aliphatic hydroxyl groups excluding tert-OH is 1. The summed E-state index contributed by atoms with van der Waals surface area (Å²) in [6, 6.07) is 6.51. The highest BCUT2D eigenvalue weighted by Crippen LogP contribution is 2.36. The van der Waals surface area contributed by atoms with Crippen molar-refractivity contribution in [2.75, 3.05) is 6.54 Å². The van der Waals surface area contributed by atoms with E-state index in [1.165, 1.54) is 6.07 Å². The minimum absolute atomic E-state index is 0.0332. The van der Waals surface area contributed by atoms with E-state index in [0.717, 1.165) is 29.5 Å². The van der Waals surface area contributed by atoms with Gasteiger partial charge in [0.15, 0.2) is 0 Å². The zero-order valence-corrected chi connectivity index (χ0v) is 16.0. The highest BCUT2D eigenvalue weighted by Gasteiger charge is 2.35. The molecule has 2 N–H and O–H groups in total. The Hall–Kier alpha value is -2.65. The van der Waals surface area contributed by atoms with Gasteiger partial charge in [0.05, 0.1) is 18.3 Å². The molecular formula is C21H21F4N3O2. The molecule has 2 heterocycles. The number of hydrogen-bond acceptors (Lipinski definition) is 4. The van der Waals surface area contributed by atoms with Crippen LogP contribution in [-0.4, -0.2) is 27.1 Å². The third kappa shape index (κ3) is 4.27. The summed E-state index contributed by atoms with van der Waals surface area (Å²) in [6.07, 6.45) is 0.00227. The number of imidazole rings is 1.